The molecule has 4 rings (SSSR count). The fraction of sp³-hybridized carbons (Fsp3) is 0.300. The zero-order valence-electron chi connectivity index (χ0n) is 21.3. The summed E-state index contributed by atoms with van der Waals surface area (Å²) >= 11 is 12.4. The first-order chi connectivity index (χ1) is 18.3. The van der Waals surface area contributed by atoms with Crippen molar-refractivity contribution in [1.29, 1.82) is 0 Å². The fourth-order valence-electron chi connectivity index (χ4n) is 4.59. The van der Waals surface area contributed by atoms with Gasteiger partial charge in [-0.25, -0.2) is 8.78 Å². The van der Waals surface area contributed by atoms with Crippen LogP contribution in [0.1, 0.15) is 36.5 Å². The molecule has 200 valence electrons. The molecule has 38 heavy (non-hydrogen) atoms. The van der Waals surface area contributed by atoms with E-state index in [9.17, 15) is 13.6 Å². The molecule has 0 radical (unpaired) electrons. The van der Waals surface area contributed by atoms with Crippen molar-refractivity contribution in [3.63, 3.8) is 0 Å². The molecule has 0 atom stereocenters. The average molecular weight is 559 g/mol. The predicted molar refractivity (Wildman–Crippen MR) is 150 cm³/mol. The molecule has 4 nitrogen and oxygen atoms in total. The number of carbonyl (C=O) groups excluding carboxylic acids is 1. The summed E-state index contributed by atoms with van der Waals surface area (Å²) in [5, 5.41) is 2.03. The first-order valence-electron chi connectivity index (χ1n) is 12.8. The van der Waals surface area contributed by atoms with Crippen molar-refractivity contribution in [3.8, 4) is 0 Å². The van der Waals surface area contributed by atoms with Crippen LogP contribution in [0.15, 0.2) is 66.9 Å². The Morgan fingerprint density at radius 2 is 1.66 bits per heavy atom. The summed E-state index contributed by atoms with van der Waals surface area (Å²) in [6.45, 7) is 3.99. The molecular weight excluding hydrogens is 527 g/mol. The van der Waals surface area contributed by atoms with E-state index in [4.69, 9.17) is 23.2 Å². The molecule has 1 N–H and O–H groups in total. The summed E-state index contributed by atoms with van der Waals surface area (Å²) in [6, 6.07) is 16.9. The quantitative estimate of drug-likeness (QED) is 0.194. The Labute approximate surface area is 232 Å². The molecule has 0 spiro atoms. The van der Waals surface area contributed by atoms with Crippen LogP contribution < -0.4 is 0 Å². The van der Waals surface area contributed by atoms with Crippen LogP contribution in [-0.4, -0.2) is 40.3 Å². The van der Waals surface area contributed by atoms with E-state index in [1.807, 2.05) is 40.3 Å². The number of aromatic nitrogens is 1. The SMILES string of the molecule is CCCCN(CC(=O)N(CCc1c[nH]c2ccccc12)Cc1ccc(Cl)c(Cl)c1)Cc1cc(F)cc(F)c1. The Balaban J connectivity index is 1.53. The van der Waals surface area contributed by atoms with Crippen LogP contribution in [0.2, 0.25) is 10.0 Å². The van der Waals surface area contributed by atoms with Gasteiger partial charge >= 0.3 is 0 Å². The van der Waals surface area contributed by atoms with E-state index >= 15 is 0 Å². The van der Waals surface area contributed by atoms with E-state index in [2.05, 4.69) is 18.0 Å². The third kappa shape index (κ3) is 7.56. The Kier molecular flexibility index (Phi) is 9.78. The molecule has 0 aliphatic carbocycles. The summed E-state index contributed by atoms with van der Waals surface area (Å²) in [6.07, 6.45) is 4.46. The molecular formula is C30H31Cl2F2N3O. The van der Waals surface area contributed by atoms with E-state index in [1.54, 1.807) is 12.1 Å². The van der Waals surface area contributed by atoms with Gasteiger partial charge in [0.25, 0.3) is 0 Å². The minimum Gasteiger partial charge on any atom is -0.361 e. The van der Waals surface area contributed by atoms with Gasteiger partial charge in [-0.05, 0) is 66.4 Å². The Morgan fingerprint density at radius 3 is 2.39 bits per heavy atom. The lowest BCUT2D eigenvalue weighted by molar-refractivity contribution is -0.133. The third-order valence-electron chi connectivity index (χ3n) is 6.55. The standard InChI is InChI=1S/C30H31Cl2F2N3O/c1-2-3-11-36(18-22-13-24(33)16-25(34)14-22)20-30(38)37(19-21-8-9-27(31)28(32)15-21)12-10-23-17-35-29-7-5-4-6-26(23)29/h4-9,13-17,35H,2-3,10-12,18-20H2,1H3. The normalized spacial score (nSPS) is 11.4. The Bertz CT molecular complexity index is 1370. The summed E-state index contributed by atoms with van der Waals surface area (Å²) < 4.78 is 27.6. The van der Waals surface area contributed by atoms with Gasteiger partial charge in [0.15, 0.2) is 0 Å². The molecule has 4 aromatic rings. The predicted octanol–water partition coefficient (Wildman–Crippen LogP) is 7.63. The number of unbranched alkanes of at least 4 members (excludes halogenated alkanes) is 1. The lowest BCUT2D eigenvalue weighted by Crippen LogP contribution is -2.41. The van der Waals surface area contributed by atoms with Crippen molar-refractivity contribution < 1.29 is 13.6 Å². The number of aromatic amines is 1. The van der Waals surface area contributed by atoms with E-state index in [-0.39, 0.29) is 19.0 Å². The minimum atomic E-state index is -0.623. The van der Waals surface area contributed by atoms with E-state index < -0.39 is 11.6 Å². The van der Waals surface area contributed by atoms with Crippen LogP contribution in [0.3, 0.4) is 0 Å². The summed E-state index contributed by atoms with van der Waals surface area (Å²) in [4.78, 5) is 20.7. The van der Waals surface area contributed by atoms with Crippen LogP contribution in [0.5, 0.6) is 0 Å². The van der Waals surface area contributed by atoms with E-state index in [0.717, 1.165) is 40.9 Å². The number of nitrogens with zero attached hydrogens (tertiary/aromatic N) is 2. The van der Waals surface area contributed by atoms with Gasteiger partial charge in [0.1, 0.15) is 11.6 Å². The second kappa shape index (κ2) is 13.2. The molecule has 0 aliphatic heterocycles. The zero-order valence-corrected chi connectivity index (χ0v) is 22.8. The van der Waals surface area contributed by atoms with Gasteiger partial charge in [-0.15, -0.1) is 0 Å². The molecule has 0 saturated heterocycles. The monoisotopic (exact) mass is 557 g/mol. The zero-order chi connectivity index (χ0) is 27.1. The van der Waals surface area contributed by atoms with Gasteiger partial charge < -0.3 is 9.88 Å². The van der Waals surface area contributed by atoms with Gasteiger partial charge in [0.05, 0.1) is 16.6 Å². The highest BCUT2D eigenvalue weighted by Gasteiger charge is 2.20. The number of hydrogen-bond acceptors (Lipinski definition) is 2. The third-order valence-corrected chi connectivity index (χ3v) is 7.29. The molecule has 1 heterocycles. The summed E-state index contributed by atoms with van der Waals surface area (Å²) in [5.74, 6) is -1.31. The number of rotatable bonds is 12. The van der Waals surface area contributed by atoms with Crippen LogP contribution in [0.25, 0.3) is 10.9 Å². The fourth-order valence-corrected chi connectivity index (χ4v) is 4.91. The molecule has 0 aliphatic rings. The average Bonchev–Trinajstić information content (AvgIpc) is 3.29. The first kappa shape index (κ1) is 28.1. The topological polar surface area (TPSA) is 39.3 Å². The molecule has 8 heteroatoms. The number of halogens is 4. The van der Waals surface area contributed by atoms with Gasteiger partial charge in [-0.3, -0.25) is 9.69 Å². The molecule has 3 aromatic carbocycles. The van der Waals surface area contributed by atoms with Gasteiger partial charge in [-0.1, -0.05) is 60.8 Å². The smallest absolute Gasteiger partial charge is 0.237 e. The molecule has 0 fully saturated rings. The molecule has 1 aromatic heterocycles. The minimum absolute atomic E-state index is 0.0658. The number of benzene rings is 3. The van der Waals surface area contributed by atoms with Gasteiger partial charge in [0.2, 0.25) is 5.91 Å². The van der Waals surface area contributed by atoms with Crippen molar-refractivity contribution >= 4 is 40.0 Å². The number of hydrogen-bond donors (Lipinski definition) is 1. The lowest BCUT2D eigenvalue weighted by atomic mass is 10.1. The van der Waals surface area contributed by atoms with E-state index in [1.165, 1.54) is 12.1 Å². The van der Waals surface area contributed by atoms with Crippen LogP contribution >= 0.6 is 23.2 Å². The maximum absolute atomic E-state index is 13.8. The molecule has 0 saturated carbocycles. The highest BCUT2D eigenvalue weighted by molar-refractivity contribution is 6.42. The largest absolute Gasteiger partial charge is 0.361 e. The van der Waals surface area contributed by atoms with Gasteiger partial charge in [0, 0.05) is 42.8 Å². The highest BCUT2D eigenvalue weighted by atomic mass is 35.5. The lowest BCUT2D eigenvalue weighted by Gasteiger charge is -2.28. The van der Waals surface area contributed by atoms with Crippen molar-refractivity contribution in [2.75, 3.05) is 19.6 Å². The highest BCUT2D eigenvalue weighted by Crippen LogP contribution is 2.24. The number of amides is 1. The second-order valence-corrected chi connectivity index (χ2v) is 10.3. The Morgan fingerprint density at radius 1 is 0.895 bits per heavy atom. The number of nitrogens with one attached hydrogen (secondary N) is 1. The Hall–Kier alpha value is -2.93. The van der Waals surface area contributed by atoms with Crippen molar-refractivity contribution in [2.45, 2.75) is 39.3 Å². The number of H-pyrrole nitrogens is 1. The number of carbonyl (C=O) groups is 1. The molecule has 0 bridgehead atoms. The first-order valence-corrected chi connectivity index (χ1v) is 13.5. The molecule has 1 amide bonds. The summed E-state index contributed by atoms with van der Waals surface area (Å²) in [7, 11) is 0. The maximum Gasteiger partial charge on any atom is 0.237 e. The van der Waals surface area contributed by atoms with Crippen molar-refractivity contribution in [3.05, 3.63) is 105 Å². The van der Waals surface area contributed by atoms with Crippen molar-refractivity contribution in [1.82, 2.24) is 14.8 Å². The van der Waals surface area contributed by atoms with Crippen LogP contribution in [0.4, 0.5) is 8.78 Å². The van der Waals surface area contributed by atoms with Gasteiger partial charge in [-0.2, -0.15) is 0 Å². The summed E-state index contributed by atoms with van der Waals surface area (Å²) in [5.41, 5.74) is 3.56. The second-order valence-electron chi connectivity index (χ2n) is 9.52. The maximum atomic E-state index is 13.8. The molecule has 0 unspecified atom stereocenters. The van der Waals surface area contributed by atoms with E-state index in [0.29, 0.717) is 41.7 Å². The number of para-hydroxylation sites is 1. The number of fused-ring (bicyclic) bond motifs is 1. The van der Waals surface area contributed by atoms with Crippen LogP contribution in [-0.2, 0) is 24.3 Å². The van der Waals surface area contributed by atoms with Crippen LogP contribution in [0, 0.1) is 11.6 Å². The van der Waals surface area contributed by atoms with Crippen molar-refractivity contribution in [2.24, 2.45) is 0 Å².